The Kier molecular flexibility index (Phi) is 5.30. The molecule has 2 amide bonds. The van der Waals surface area contributed by atoms with Crippen LogP contribution in [0.2, 0.25) is 0 Å². The Balaban J connectivity index is 1.50. The molecule has 2 atom stereocenters. The maximum absolute atomic E-state index is 12.4. The number of nitrogens with one attached hydrogen (secondary N) is 1. The minimum absolute atomic E-state index is 0.0570. The van der Waals surface area contributed by atoms with E-state index in [1.165, 1.54) is 6.07 Å². The van der Waals surface area contributed by atoms with Gasteiger partial charge in [-0.2, -0.15) is 0 Å². The summed E-state index contributed by atoms with van der Waals surface area (Å²) < 4.78 is 5.74. The SMILES string of the molecule is O=C(NCCc1cccc([N+](=O)[O-])c1)N1CCC[C@@H]1[C@H]1CCCO1. The number of benzene rings is 1. The van der Waals surface area contributed by atoms with E-state index in [9.17, 15) is 14.9 Å². The normalized spacial score (nSPS) is 23.4. The number of ether oxygens (including phenoxy) is 1. The molecule has 2 aliphatic rings. The van der Waals surface area contributed by atoms with Gasteiger partial charge in [0.25, 0.3) is 5.69 Å². The Morgan fingerprint density at radius 2 is 2.25 bits per heavy atom. The number of nitro groups is 1. The molecule has 0 bridgehead atoms. The van der Waals surface area contributed by atoms with Crippen LogP contribution in [0.5, 0.6) is 0 Å². The zero-order valence-corrected chi connectivity index (χ0v) is 13.6. The molecule has 0 aliphatic carbocycles. The summed E-state index contributed by atoms with van der Waals surface area (Å²) in [7, 11) is 0. The number of nitrogens with zero attached hydrogens (tertiary/aromatic N) is 2. The lowest BCUT2D eigenvalue weighted by atomic mass is 10.1. The third-order valence-electron chi connectivity index (χ3n) is 4.77. The maximum atomic E-state index is 12.4. The highest BCUT2D eigenvalue weighted by atomic mass is 16.6. The van der Waals surface area contributed by atoms with Crippen molar-refractivity contribution in [2.45, 2.75) is 44.2 Å². The largest absolute Gasteiger partial charge is 0.376 e. The van der Waals surface area contributed by atoms with Crippen LogP contribution in [0, 0.1) is 10.1 Å². The van der Waals surface area contributed by atoms with E-state index in [2.05, 4.69) is 5.32 Å². The number of amides is 2. The van der Waals surface area contributed by atoms with Gasteiger partial charge >= 0.3 is 6.03 Å². The van der Waals surface area contributed by atoms with Gasteiger partial charge < -0.3 is 15.0 Å². The zero-order chi connectivity index (χ0) is 16.9. The van der Waals surface area contributed by atoms with Gasteiger partial charge in [-0.15, -0.1) is 0 Å². The third-order valence-corrected chi connectivity index (χ3v) is 4.77. The highest BCUT2D eigenvalue weighted by Gasteiger charge is 2.36. The van der Waals surface area contributed by atoms with Gasteiger partial charge in [-0.05, 0) is 37.7 Å². The molecule has 2 saturated heterocycles. The molecule has 0 spiro atoms. The number of hydrogen-bond acceptors (Lipinski definition) is 4. The van der Waals surface area contributed by atoms with Crippen LogP contribution in [0.15, 0.2) is 24.3 Å². The Morgan fingerprint density at radius 3 is 3.00 bits per heavy atom. The molecule has 1 aromatic carbocycles. The van der Waals surface area contributed by atoms with Gasteiger partial charge in [0, 0.05) is 31.8 Å². The van der Waals surface area contributed by atoms with Crippen LogP contribution < -0.4 is 5.32 Å². The molecule has 0 aromatic heterocycles. The summed E-state index contributed by atoms with van der Waals surface area (Å²) in [6.07, 6.45) is 4.87. The van der Waals surface area contributed by atoms with E-state index in [0.29, 0.717) is 13.0 Å². The van der Waals surface area contributed by atoms with Crippen molar-refractivity contribution in [3.8, 4) is 0 Å². The molecule has 3 rings (SSSR count). The molecule has 2 heterocycles. The number of carbonyl (C=O) groups excluding carboxylic acids is 1. The van der Waals surface area contributed by atoms with Crippen LogP contribution in [-0.2, 0) is 11.2 Å². The zero-order valence-electron chi connectivity index (χ0n) is 13.6. The third kappa shape index (κ3) is 3.84. The molecule has 0 saturated carbocycles. The Hall–Kier alpha value is -2.15. The van der Waals surface area contributed by atoms with Crippen LogP contribution in [0.1, 0.15) is 31.2 Å². The number of hydrogen-bond donors (Lipinski definition) is 1. The Morgan fingerprint density at radius 1 is 1.38 bits per heavy atom. The molecular formula is C17H23N3O4. The van der Waals surface area contributed by atoms with Gasteiger partial charge in [0.05, 0.1) is 17.1 Å². The molecule has 130 valence electrons. The molecule has 0 radical (unpaired) electrons. The summed E-state index contributed by atoms with van der Waals surface area (Å²) in [6, 6.07) is 6.66. The van der Waals surface area contributed by atoms with Crippen molar-refractivity contribution in [1.82, 2.24) is 10.2 Å². The first-order valence-corrected chi connectivity index (χ1v) is 8.54. The summed E-state index contributed by atoms with van der Waals surface area (Å²) in [6.45, 7) is 2.03. The lowest BCUT2D eigenvalue weighted by Gasteiger charge is -2.29. The first-order chi connectivity index (χ1) is 11.6. The number of carbonyl (C=O) groups is 1. The van der Waals surface area contributed by atoms with Gasteiger partial charge in [0.2, 0.25) is 0 Å². The second-order valence-electron chi connectivity index (χ2n) is 6.36. The number of rotatable bonds is 5. The summed E-state index contributed by atoms with van der Waals surface area (Å²) in [5.41, 5.74) is 0.929. The standard InChI is InChI=1S/C17H23N3O4/c21-17(19-10-2-6-15(19)16-7-3-11-24-16)18-9-8-13-4-1-5-14(12-13)20(22)23/h1,4-5,12,15-16H,2-3,6-11H2,(H,18,21)/t15-,16-/m1/s1. The van der Waals surface area contributed by atoms with Crippen LogP contribution in [0.3, 0.4) is 0 Å². The van der Waals surface area contributed by atoms with Crippen molar-refractivity contribution in [3.05, 3.63) is 39.9 Å². The quantitative estimate of drug-likeness (QED) is 0.663. The van der Waals surface area contributed by atoms with E-state index >= 15 is 0 Å². The molecular weight excluding hydrogens is 310 g/mol. The van der Waals surface area contributed by atoms with Crippen LogP contribution in [0.4, 0.5) is 10.5 Å². The van der Waals surface area contributed by atoms with Crippen molar-refractivity contribution in [2.75, 3.05) is 19.7 Å². The van der Waals surface area contributed by atoms with Gasteiger partial charge in [-0.1, -0.05) is 12.1 Å². The van der Waals surface area contributed by atoms with Crippen LogP contribution in [0.25, 0.3) is 0 Å². The fourth-order valence-electron chi connectivity index (χ4n) is 3.58. The summed E-state index contributed by atoms with van der Waals surface area (Å²) in [5.74, 6) is 0. The van der Waals surface area contributed by atoms with Gasteiger partial charge in [-0.3, -0.25) is 10.1 Å². The van der Waals surface area contributed by atoms with Crippen molar-refractivity contribution < 1.29 is 14.5 Å². The second-order valence-corrected chi connectivity index (χ2v) is 6.36. The lowest BCUT2D eigenvalue weighted by Crippen LogP contribution is -2.47. The van der Waals surface area contributed by atoms with Gasteiger partial charge in [-0.25, -0.2) is 4.79 Å². The highest BCUT2D eigenvalue weighted by Crippen LogP contribution is 2.27. The van der Waals surface area contributed by atoms with Crippen molar-refractivity contribution in [2.24, 2.45) is 0 Å². The van der Waals surface area contributed by atoms with Crippen molar-refractivity contribution in [3.63, 3.8) is 0 Å². The molecule has 24 heavy (non-hydrogen) atoms. The molecule has 1 aromatic rings. The molecule has 2 aliphatic heterocycles. The second kappa shape index (κ2) is 7.61. The predicted molar refractivity (Wildman–Crippen MR) is 88.9 cm³/mol. The molecule has 2 fully saturated rings. The fraction of sp³-hybridized carbons (Fsp3) is 0.588. The van der Waals surface area contributed by atoms with E-state index in [0.717, 1.165) is 44.4 Å². The van der Waals surface area contributed by atoms with E-state index in [-0.39, 0.29) is 23.9 Å². The smallest absolute Gasteiger partial charge is 0.317 e. The summed E-state index contributed by atoms with van der Waals surface area (Å²) in [4.78, 5) is 24.7. The van der Waals surface area contributed by atoms with E-state index in [1.54, 1.807) is 12.1 Å². The molecule has 7 nitrogen and oxygen atoms in total. The Bertz CT molecular complexity index is 601. The summed E-state index contributed by atoms with van der Waals surface area (Å²) >= 11 is 0. The molecule has 0 unspecified atom stereocenters. The molecule has 1 N–H and O–H groups in total. The van der Waals surface area contributed by atoms with Crippen molar-refractivity contribution >= 4 is 11.7 Å². The van der Waals surface area contributed by atoms with E-state index < -0.39 is 4.92 Å². The predicted octanol–water partition coefficient (Wildman–Crippen LogP) is 2.49. The monoisotopic (exact) mass is 333 g/mol. The fourth-order valence-corrected chi connectivity index (χ4v) is 3.58. The number of urea groups is 1. The van der Waals surface area contributed by atoms with Gasteiger partial charge in [0.1, 0.15) is 0 Å². The maximum Gasteiger partial charge on any atom is 0.317 e. The van der Waals surface area contributed by atoms with Crippen molar-refractivity contribution in [1.29, 1.82) is 0 Å². The van der Waals surface area contributed by atoms with E-state index in [1.807, 2.05) is 11.0 Å². The van der Waals surface area contributed by atoms with Crippen LogP contribution in [-0.4, -0.2) is 47.7 Å². The minimum Gasteiger partial charge on any atom is -0.376 e. The average Bonchev–Trinajstić information content (AvgIpc) is 3.26. The first-order valence-electron chi connectivity index (χ1n) is 8.54. The Labute approximate surface area is 141 Å². The number of nitro benzene ring substituents is 1. The number of non-ortho nitro benzene ring substituents is 1. The first kappa shape index (κ1) is 16.7. The topological polar surface area (TPSA) is 84.7 Å². The highest BCUT2D eigenvalue weighted by molar-refractivity contribution is 5.75. The van der Waals surface area contributed by atoms with Crippen LogP contribution >= 0.6 is 0 Å². The molecule has 7 heteroatoms. The lowest BCUT2D eigenvalue weighted by molar-refractivity contribution is -0.384. The van der Waals surface area contributed by atoms with E-state index in [4.69, 9.17) is 4.74 Å². The average molecular weight is 333 g/mol. The van der Waals surface area contributed by atoms with Gasteiger partial charge in [0.15, 0.2) is 0 Å². The minimum atomic E-state index is -0.404. The number of likely N-dealkylation sites (tertiary alicyclic amines) is 1. The summed E-state index contributed by atoms with van der Waals surface area (Å²) in [5, 5.41) is 13.7.